The monoisotopic (exact) mass is 418 g/mol. The van der Waals surface area contributed by atoms with E-state index in [4.69, 9.17) is 14.2 Å². The Morgan fingerprint density at radius 2 is 1.48 bits per heavy atom. The summed E-state index contributed by atoms with van der Waals surface area (Å²) in [4.78, 5) is 15.3. The summed E-state index contributed by atoms with van der Waals surface area (Å²) in [5, 5.41) is 3.52. The minimum atomic E-state index is -0.416. The van der Waals surface area contributed by atoms with Crippen LogP contribution in [0.15, 0.2) is 66.7 Å². The predicted octanol–water partition coefficient (Wildman–Crippen LogP) is 4.52. The van der Waals surface area contributed by atoms with E-state index in [-0.39, 0.29) is 5.91 Å². The summed E-state index contributed by atoms with van der Waals surface area (Å²) in [5.74, 6) is 1.75. The van der Waals surface area contributed by atoms with Gasteiger partial charge in [0, 0.05) is 23.9 Å². The van der Waals surface area contributed by atoms with Crippen LogP contribution in [0.4, 0.5) is 5.69 Å². The lowest BCUT2D eigenvalue weighted by Crippen LogP contribution is -2.44. The highest BCUT2D eigenvalue weighted by Crippen LogP contribution is 2.42. The van der Waals surface area contributed by atoms with Crippen LogP contribution in [0.2, 0.25) is 0 Å². The van der Waals surface area contributed by atoms with Crippen molar-refractivity contribution < 1.29 is 19.0 Å². The normalized spacial score (nSPS) is 15.1. The van der Waals surface area contributed by atoms with Gasteiger partial charge in [-0.1, -0.05) is 42.5 Å². The standard InChI is InChI=1S/C25H26N2O4/c1-29-21-16-23(31-3)22(30-2)15-19(21)24-26-20-12-8-7-11-18(20)25(28)27(24)14-13-17-9-5-4-6-10-17/h4-12,15-16,24,26H,13-14H2,1-3H3/t24-/m1/s1. The van der Waals surface area contributed by atoms with Crippen molar-refractivity contribution in [2.24, 2.45) is 0 Å². The van der Waals surface area contributed by atoms with Crippen LogP contribution in [-0.4, -0.2) is 38.7 Å². The molecule has 1 heterocycles. The number of methoxy groups -OCH3 is 3. The summed E-state index contributed by atoms with van der Waals surface area (Å²) in [5.41, 5.74) is 3.43. The maximum atomic E-state index is 13.5. The first kappa shape index (κ1) is 20.6. The number of nitrogens with one attached hydrogen (secondary N) is 1. The molecule has 0 fully saturated rings. The van der Waals surface area contributed by atoms with Crippen LogP contribution in [0.5, 0.6) is 17.2 Å². The van der Waals surface area contributed by atoms with Gasteiger partial charge in [-0.05, 0) is 30.2 Å². The number of hydrogen-bond acceptors (Lipinski definition) is 5. The van der Waals surface area contributed by atoms with Crippen molar-refractivity contribution in [2.75, 3.05) is 33.2 Å². The molecule has 0 saturated carbocycles. The molecule has 1 N–H and O–H groups in total. The lowest BCUT2D eigenvalue weighted by atomic mass is 10.0. The fraction of sp³-hybridized carbons (Fsp3) is 0.240. The minimum Gasteiger partial charge on any atom is -0.496 e. The third kappa shape index (κ3) is 4.01. The summed E-state index contributed by atoms with van der Waals surface area (Å²) in [6, 6.07) is 21.4. The molecule has 0 bridgehead atoms. The molecule has 6 nitrogen and oxygen atoms in total. The molecule has 6 heteroatoms. The fourth-order valence-electron chi connectivity index (χ4n) is 3.93. The van der Waals surface area contributed by atoms with Gasteiger partial charge in [0.25, 0.3) is 5.91 Å². The third-order valence-electron chi connectivity index (χ3n) is 5.54. The number of carbonyl (C=O) groups is 1. The lowest BCUT2D eigenvalue weighted by Gasteiger charge is -2.39. The van der Waals surface area contributed by atoms with Gasteiger partial charge >= 0.3 is 0 Å². The van der Waals surface area contributed by atoms with E-state index >= 15 is 0 Å². The smallest absolute Gasteiger partial charge is 0.257 e. The Labute approximate surface area is 182 Å². The zero-order chi connectivity index (χ0) is 21.8. The number of fused-ring (bicyclic) bond motifs is 1. The third-order valence-corrected chi connectivity index (χ3v) is 5.54. The van der Waals surface area contributed by atoms with Crippen molar-refractivity contribution in [1.82, 2.24) is 4.90 Å². The number of rotatable bonds is 7. The van der Waals surface area contributed by atoms with Crippen molar-refractivity contribution in [3.8, 4) is 17.2 Å². The zero-order valence-electron chi connectivity index (χ0n) is 17.9. The molecule has 1 atom stereocenters. The molecule has 4 rings (SSSR count). The van der Waals surface area contributed by atoms with Gasteiger partial charge in [-0.2, -0.15) is 0 Å². The second kappa shape index (κ2) is 9.00. The van der Waals surface area contributed by atoms with E-state index in [9.17, 15) is 4.79 Å². The van der Waals surface area contributed by atoms with Gasteiger partial charge in [0.05, 0.1) is 26.9 Å². The molecule has 0 spiro atoms. The van der Waals surface area contributed by atoms with Gasteiger partial charge in [0.15, 0.2) is 11.5 Å². The topological polar surface area (TPSA) is 60.0 Å². The van der Waals surface area contributed by atoms with Gasteiger partial charge in [0.1, 0.15) is 11.9 Å². The van der Waals surface area contributed by atoms with E-state index in [1.54, 1.807) is 27.4 Å². The molecule has 0 radical (unpaired) electrons. The number of carbonyl (C=O) groups excluding carboxylic acids is 1. The first-order chi connectivity index (χ1) is 15.2. The van der Waals surface area contributed by atoms with E-state index in [0.29, 0.717) is 29.4 Å². The molecule has 160 valence electrons. The second-order valence-corrected chi connectivity index (χ2v) is 7.28. The molecule has 1 amide bonds. The Balaban J connectivity index is 1.76. The van der Waals surface area contributed by atoms with Crippen LogP contribution in [-0.2, 0) is 6.42 Å². The van der Waals surface area contributed by atoms with E-state index in [1.165, 1.54) is 5.56 Å². The molecule has 3 aromatic carbocycles. The molecule has 0 unspecified atom stereocenters. The van der Waals surface area contributed by atoms with Crippen molar-refractivity contribution in [1.29, 1.82) is 0 Å². The number of anilines is 1. The maximum absolute atomic E-state index is 13.5. The number of benzene rings is 3. The fourth-order valence-corrected chi connectivity index (χ4v) is 3.93. The second-order valence-electron chi connectivity index (χ2n) is 7.28. The molecule has 0 saturated heterocycles. The van der Waals surface area contributed by atoms with Crippen LogP contribution in [0.1, 0.15) is 27.7 Å². The molecule has 1 aliphatic rings. The average Bonchev–Trinajstić information content (AvgIpc) is 2.83. The summed E-state index contributed by atoms with van der Waals surface area (Å²) in [7, 11) is 4.79. The molecule has 1 aliphatic heterocycles. The summed E-state index contributed by atoms with van der Waals surface area (Å²) >= 11 is 0. The largest absolute Gasteiger partial charge is 0.496 e. The maximum Gasteiger partial charge on any atom is 0.257 e. The van der Waals surface area contributed by atoms with E-state index in [1.807, 2.05) is 53.4 Å². The molecular weight excluding hydrogens is 392 g/mol. The molecule has 3 aromatic rings. The van der Waals surface area contributed by atoms with Gasteiger partial charge < -0.3 is 24.4 Å². The highest BCUT2D eigenvalue weighted by atomic mass is 16.5. The van der Waals surface area contributed by atoms with Gasteiger partial charge in [-0.15, -0.1) is 0 Å². The van der Waals surface area contributed by atoms with Gasteiger partial charge in [0.2, 0.25) is 0 Å². The quantitative estimate of drug-likeness (QED) is 0.611. The summed E-state index contributed by atoms with van der Waals surface area (Å²) in [6.45, 7) is 0.548. The number of nitrogens with zero attached hydrogens (tertiary/aromatic N) is 1. The van der Waals surface area contributed by atoms with Gasteiger partial charge in [-0.25, -0.2) is 0 Å². The number of para-hydroxylation sites is 1. The van der Waals surface area contributed by atoms with E-state index in [0.717, 1.165) is 17.7 Å². The Hall–Kier alpha value is -3.67. The first-order valence-electron chi connectivity index (χ1n) is 10.2. The van der Waals surface area contributed by atoms with Crippen LogP contribution >= 0.6 is 0 Å². The number of ether oxygens (including phenoxy) is 3. The van der Waals surface area contributed by atoms with Crippen LogP contribution in [0.25, 0.3) is 0 Å². The van der Waals surface area contributed by atoms with E-state index < -0.39 is 6.17 Å². The van der Waals surface area contributed by atoms with Crippen LogP contribution in [0.3, 0.4) is 0 Å². The van der Waals surface area contributed by atoms with Crippen molar-refractivity contribution >= 4 is 11.6 Å². The van der Waals surface area contributed by atoms with Crippen LogP contribution < -0.4 is 19.5 Å². The zero-order valence-corrected chi connectivity index (χ0v) is 17.9. The summed E-state index contributed by atoms with van der Waals surface area (Å²) in [6.07, 6.45) is 0.323. The molecule has 0 aliphatic carbocycles. The Morgan fingerprint density at radius 1 is 0.839 bits per heavy atom. The van der Waals surface area contributed by atoms with E-state index in [2.05, 4.69) is 17.4 Å². The average molecular weight is 418 g/mol. The Morgan fingerprint density at radius 3 is 2.19 bits per heavy atom. The number of hydrogen-bond donors (Lipinski definition) is 1. The Kier molecular flexibility index (Phi) is 5.98. The molecule has 31 heavy (non-hydrogen) atoms. The van der Waals surface area contributed by atoms with Gasteiger partial charge in [-0.3, -0.25) is 4.79 Å². The van der Waals surface area contributed by atoms with Crippen molar-refractivity contribution in [2.45, 2.75) is 12.6 Å². The lowest BCUT2D eigenvalue weighted by molar-refractivity contribution is 0.0683. The highest BCUT2D eigenvalue weighted by molar-refractivity contribution is 6.01. The first-order valence-corrected chi connectivity index (χ1v) is 10.2. The highest BCUT2D eigenvalue weighted by Gasteiger charge is 2.34. The Bertz CT molecular complexity index is 1070. The van der Waals surface area contributed by atoms with Crippen molar-refractivity contribution in [3.63, 3.8) is 0 Å². The number of amides is 1. The SMILES string of the molecule is COc1cc(OC)c([C@@H]2Nc3ccccc3C(=O)N2CCc2ccccc2)cc1OC. The minimum absolute atomic E-state index is 0.0212. The molecular formula is C25H26N2O4. The van der Waals surface area contributed by atoms with Crippen LogP contribution in [0, 0.1) is 0 Å². The predicted molar refractivity (Wildman–Crippen MR) is 120 cm³/mol. The van der Waals surface area contributed by atoms with Crippen molar-refractivity contribution in [3.05, 3.63) is 83.4 Å². The molecule has 0 aromatic heterocycles. The summed E-state index contributed by atoms with van der Waals surface area (Å²) < 4.78 is 16.6.